The van der Waals surface area contributed by atoms with Crippen LogP contribution in [0.3, 0.4) is 0 Å². The van der Waals surface area contributed by atoms with E-state index in [2.05, 4.69) is 10.3 Å². The minimum Gasteiger partial charge on any atom is -0.356 e. The third-order valence-electron chi connectivity index (χ3n) is 1.67. The molecular weight excluding hydrogens is 164 g/mol. The Bertz CT molecular complexity index is 297. The third-order valence-corrected chi connectivity index (χ3v) is 1.67. The minimum absolute atomic E-state index is 0.0508. The second kappa shape index (κ2) is 4.60. The van der Waals surface area contributed by atoms with Crippen LogP contribution in [0.5, 0.6) is 0 Å². The smallest absolute Gasteiger partial charge is 0.224 e. The molecule has 13 heavy (non-hydrogen) atoms. The van der Waals surface area contributed by atoms with Crippen molar-refractivity contribution >= 4 is 5.91 Å². The number of nitrogens with zero attached hydrogens (tertiary/aromatic N) is 1. The Morgan fingerprint density at radius 3 is 2.92 bits per heavy atom. The number of aryl methyl sites for hydroxylation is 1. The van der Waals surface area contributed by atoms with Crippen molar-refractivity contribution in [2.45, 2.75) is 20.3 Å². The first-order valence-electron chi connectivity index (χ1n) is 4.39. The number of nitrogens with one attached hydrogen (secondary N) is 1. The fraction of sp³-hybridized carbons (Fsp3) is 0.400. The molecule has 3 nitrogen and oxygen atoms in total. The van der Waals surface area contributed by atoms with Crippen molar-refractivity contribution < 1.29 is 4.79 Å². The molecule has 0 unspecified atom stereocenters. The molecule has 0 bridgehead atoms. The van der Waals surface area contributed by atoms with E-state index in [1.54, 1.807) is 12.4 Å². The van der Waals surface area contributed by atoms with Gasteiger partial charge in [-0.15, -0.1) is 0 Å². The molecule has 3 heteroatoms. The standard InChI is InChI=1S/C10H14N2O/c1-3-12-10(13)5-9-4-8(2)6-11-7-9/h4,6-7H,3,5H2,1-2H3,(H,12,13). The van der Waals surface area contributed by atoms with E-state index in [0.717, 1.165) is 11.1 Å². The Balaban J connectivity index is 2.58. The Kier molecular flexibility index (Phi) is 3.43. The first kappa shape index (κ1) is 9.71. The first-order valence-corrected chi connectivity index (χ1v) is 4.39. The van der Waals surface area contributed by atoms with Gasteiger partial charge in [0.15, 0.2) is 0 Å². The van der Waals surface area contributed by atoms with Gasteiger partial charge in [-0.2, -0.15) is 0 Å². The number of aromatic nitrogens is 1. The van der Waals surface area contributed by atoms with Gasteiger partial charge in [-0.25, -0.2) is 0 Å². The number of rotatable bonds is 3. The Morgan fingerprint density at radius 1 is 1.54 bits per heavy atom. The number of carbonyl (C=O) groups is 1. The lowest BCUT2D eigenvalue weighted by Gasteiger charge is -2.02. The number of pyridine rings is 1. The van der Waals surface area contributed by atoms with Crippen molar-refractivity contribution in [1.82, 2.24) is 10.3 Å². The molecule has 70 valence electrons. The molecule has 1 N–H and O–H groups in total. The maximum Gasteiger partial charge on any atom is 0.224 e. The van der Waals surface area contributed by atoms with E-state index in [4.69, 9.17) is 0 Å². The summed E-state index contributed by atoms with van der Waals surface area (Å²) in [4.78, 5) is 15.2. The van der Waals surface area contributed by atoms with E-state index in [0.29, 0.717) is 13.0 Å². The number of amides is 1. The van der Waals surface area contributed by atoms with Gasteiger partial charge in [-0.05, 0) is 25.0 Å². The lowest BCUT2D eigenvalue weighted by Crippen LogP contribution is -2.24. The quantitative estimate of drug-likeness (QED) is 0.752. The maximum atomic E-state index is 11.2. The molecule has 0 aliphatic rings. The summed E-state index contributed by atoms with van der Waals surface area (Å²) in [6.45, 7) is 4.55. The molecule has 0 saturated carbocycles. The summed E-state index contributed by atoms with van der Waals surface area (Å²) in [7, 11) is 0. The van der Waals surface area contributed by atoms with Gasteiger partial charge in [0.25, 0.3) is 0 Å². The molecule has 0 fully saturated rings. The molecular formula is C10H14N2O. The highest BCUT2D eigenvalue weighted by Crippen LogP contribution is 2.01. The average Bonchev–Trinajstić information content (AvgIpc) is 2.04. The van der Waals surface area contributed by atoms with Crippen molar-refractivity contribution in [2.75, 3.05) is 6.54 Å². The highest BCUT2D eigenvalue weighted by Gasteiger charge is 2.01. The molecule has 0 aliphatic heterocycles. The fourth-order valence-electron chi connectivity index (χ4n) is 1.16. The maximum absolute atomic E-state index is 11.2. The van der Waals surface area contributed by atoms with Crippen LogP contribution in [-0.2, 0) is 11.2 Å². The molecule has 0 atom stereocenters. The summed E-state index contributed by atoms with van der Waals surface area (Å²) in [5, 5.41) is 2.75. The molecule has 0 aromatic carbocycles. The van der Waals surface area contributed by atoms with Crippen molar-refractivity contribution in [3.8, 4) is 0 Å². The van der Waals surface area contributed by atoms with Crippen molar-refractivity contribution in [3.05, 3.63) is 29.6 Å². The van der Waals surface area contributed by atoms with E-state index < -0.39 is 0 Å². The topological polar surface area (TPSA) is 42.0 Å². The molecule has 1 aromatic rings. The van der Waals surface area contributed by atoms with Crippen LogP contribution in [0, 0.1) is 6.92 Å². The largest absolute Gasteiger partial charge is 0.356 e. The normalized spacial score (nSPS) is 9.69. The molecule has 1 heterocycles. The van der Waals surface area contributed by atoms with Gasteiger partial charge in [-0.1, -0.05) is 6.07 Å². The highest BCUT2D eigenvalue weighted by atomic mass is 16.1. The monoisotopic (exact) mass is 178 g/mol. The molecule has 1 amide bonds. The zero-order chi connectivity index (χ0) is 9.68. The van der Waals surface area contributed by atoms with Gasteiger partial charge in [0.2, 0.25) is 5.91 Å². The molecule has 0 spiro atoms. The molecule has 1 rings (SSSR count). The van der Waals surface area contributed by atoms with E-state index >= 15 is 0 Å². The third kappa shape index (κ3) is 3.23. The van der Waals surface area contributed by atoms with Gasteiger partial charge in [0.1, 0.15) is 0 Å². The summed E-state index contributed by atoms with van der Waals surface area (Å²) in [5.74, 6) is 0.0508. The van der Waals surface area contributed by atoms with Crippen LogP contribution in [0.25, 0.3) is 0 Å². The van der Waals surface area contributed by atoms with Crippen LogP contribution < -0.4 is 5.32 Å². The predicted octanol–water partition coefficient (Wildman–Crippen LogP) is 1.07. The van der Waals surface area contributed by atoms with E-state index in [1.807, 2.05) is 19.9 Å². The average molecular weight is 178 g/mol. The summed E-state index contributed by atoms with van der Waals surface area (Å²) >= 11 is 0. The molecule has 1 aromatic heterocycles. The first-order chi connectivity index (χ1) is 6.22. The summed E-state index contributed by atoms with van der Waals surface area (Å²) in [6, 6.07) is 1.97. The summed E-state index contributed by atoms with van der Waals surface area (Å²) in [6.07, 6.45) is 3.92. The van der Waals surface area contributed by atoms with Gasteiger partial charge < -0.3 is 5.32 Å². The van der Waals surface area contributed by atoms with Crippen molar-refractivity contribution in [3.63, 3.8) is 0 Å². The zero-order valence-electron chi connectivity index (χ0n) is 8.00. The van der Waals surface area contributed by atoms with Crippen LogP contribution in [-0.4, -0.2) is 17.4 Å². The van der Waals surface area contributed by atoms with E-state index in [-0.39, 0.29) is 5.91 Å². The lowest BCUT2D eigenvalue weighted by molar-refractivity contribution is -0.120. The Morgan fingerprint density at radius 2 is 2.31 bits per heavy atom. The SMILES string of the molecule is CCNC(=O)Cc1cncc(C)c1. The van der Waals surface area contributed by atoms with Gasteiger partial charge in [0.05, 0.1) is 6.42 Å². The van der Waals surface area contributed by atoms with Gasteiger partial charge >= 0.3 is 0 Å². The van der Waals surface area contributed by atoms with Crippen LogP contribution in [0.4, 0.5) is 0 Å². The molecule has 0 aliphatic carbocycles. The van der Waals surface area contributed by atoms with Crippen LogP contribution >= 0.6 is 0 Å². The van der Waals surface area contributed by atoms with Crippen LogP contribution in [0.2, 0.25) is 0 Å². The van der Waals surface area contributed by atoms with Crippen LogP contribution in [0.1, 0.15) is 18.1 Å². The van der Waals surface area contributed by atoms with Gasteiger partial charge in [-0.3, -0.25) is 9.78 Å². The summed E-state index contributed by atoms with van der Waals surface area (Å²) in [5.41, 5.74) is 2.05. The number of hydrogen-bond donors (Lipinski definition) is 1. The highest BCUT2D eigenvalue weighted by molar-refractivity contribution is 5.78. The number of likely N-dealkylation sites (N-methyl/N-ethyl adjacent to an activating group) is 1. The number of hydrogen-bond acceptors (Lipinski definition) is 2. The summed E-state index contributed by atoms with van der Waals surface area (Å²) < 4.78 is 0. The fourth-order valence-corrected chi connectivity index (χ4v) is 1.16. The van der Waals surface area contributed by atoms with Crippen molar-refractivity contribution in [1.29, 1.82) is 0 Å². The van der Waals surface area contributed by atoms with Crippen LogP contribution in [0.15, 0.2) is 18.5 Å². The van der Waals surface area contributed by atoms with E-state index in [1.165, 1.54) is 0 Å². The Labute approximate surface area is 78.2 Å². The minimum atomic E-state index is 0.0508. The zero-order valence-corrected chi connectivity index (χ0v) is 8.00. The molecule has 0 saturated heterocycles. The van der Waals surface area contributed by atoms with Crippen molar-refractivity contribution in [2.24, 2.45) is 0 Å². The predicted molar refractivity (Wildman–Crippen MR) is 51.4 cm³/mol. The molecule has 0 radical (unpaired) electrons. The van der Waals surface area contributed by atoms with Gasteiger partial charge in [0, 0.05) is 18.9 Å². The number of carbonyl (C=O) groups excluding carboxylic acids is 1. The lowest BCUT2D eigenvalue weighted by atomic mass is 10.1. The second-order valence-electron chi connectivity index (χ2n) is 3.00. The van der Waals surface area contributed by atoms with E-state index in [9.17, 15) is 4.79 Å². The Hall–Kier alpha value is -1.38. The second-order valence-corrected chi connectivity index (χ2v) is 3.00.